The van der Waals surface area contributed by atoms with Gasteiger partial charge in [0.05, 0.1) is 16.9 Å². The molecule has 1 aromatic heterocycles. The Labute approximate surface area is 169 Å². The second-order valence-electron chi connectivity index (χ2n) is 7.66. The second kappa shape index (κ2) is 7.29. The van der Waals surface area contributed by atoms with Gasteiger partial charge in [0.15, 0.2) is 0 Å². The van der Waals surface area contributed by atoms with E-state index < -0.39 is 0 Å². The van der Waals surface area contributed by atoms with E-state index >= 15 is 0 Å². The minimum Gasteiger partial charge on any atom is -0.317 e. The first-order valence-corrected chi connectivity index (χ1v) is 10.0. The van der Waals surface area contributed by atoms with Crippen LogP contribution in [0.5, 0.6) is 0 Å². The van der Waals surface area contributed by atoms with Crippen LogP contribution in [-0.4, -0.2) is 39.5 Å². The maximum absolute atomic E-state index is 13.1. The molecule has 3 aliphatic rings. The van der Waals surface area contributed by atoms with Gasteiger partial charge in [0.2, 0.25) is 0 Å². The standard InChI is InChI=1S/C23H23N5O/c1-27-15-19-13-18(5-7-22(19)25-27)17-3-2-4-20-6-8-21(16-9-11-24-12-10-16)26-28(20)23(29)14-17/h2-8,13-16,24H,9-12H2,1H3/b3-2+,17-14+,20-4+. The molecule has 1 aromatic carbocycles. The van der Waals surface area contributed by atoms with Crippen LogP contribution in [0.2, 0.25) is 0 Å². The summed E-state index contributed by atoms with van der Waals surface area (Å²) in [5, 5.41) is 15.1. The van der Waals surface area contributed by atoms with E-state index in [2.05, 4.69) is 22.6 Å². The Balaban J connectivity index is 1.48. The number of carbonyl (C=O) groups excluding carboxylic acids is 1. The Hall–Kier alpha value is -3.25. The number of nitrogens with one attached hydrogen (secondary N) is 1. The Morgan fingerprint density at radius 2 is 2.00 bits per heavy atom. The van der Waals surface area contributed by atoms with Crippen LogP contribution in [0.15, 0.2) is 71.7 Å². The number of hydrogen-bond donors (Lipinski definition) is 1. The van der Waals surface area contributed by atoms with E-state index in [1.165, 1.54) is 5.01 Å². The van der Waals surface area contributed by atoms with Crippen molar-refractivity contribution in [3.63, 3.8) is 0 Å². The molecular weight excluding hydrogens is 362 g/mol. The number of fused-ring (bicyclic) bond motifs is 2. The molecule has 5 rings (SSSR count). The normalized spacial score (nSPS) is 24.8. The van der Waals surface area contributed by atoms with E-state index in [0.717, 1.165) is 59.4 Å². The lowest BCUT2D eigenvalue weighted by Gasteiger charge is -2.28. The van der Waals surface area contributed by atoms with Gasteiger partial charge in [-0.1, -0.05) is 18.2 Å². The molecule has 0 aliphatic carbocycles. The summed E-state index contributed by atoms with van der Waals surface area (Å²) in [7, 11) is 1.91. The van der Waals surface area contributed by atoms with Gasteiger partial charge in [-0.2, -0.15) is 15.2 Å². The molecule has 4 heterocycles. The van der Waals surface area contributed by atoms with Gasteiger partial charge >= 0.3 is 0 Å². The number of benzene rings is 1. The van der Waals surface area contributed by atoms with Gasteiger partial charge in [-0.15, -0.1) is 0 Å². The van der Waals surface area contributed by atoms with E-state index in [0.29, 0.717) is 5.92 Å². The highest BCUT2D eigenvalue weighted by molar-refractivity contribution is 6.04. The van der Waals surface area contributed by atoms with E-state index in [1.54, 1.807) is 10.8 Å². The average Bonchev–Trinajstić information content (AvgIpc) is 3.11. The Morgan fingerprint density at radius 1 is 1.14 bits per heavy atom. The van der Waals surface area contributed by atoms with Gasteiger partial charge in [-0.3, -0.25) is 9.48 Å². The third-order valence-electron chi connectivity index (χ3n) is 5.63. The minimum absolute atomic E-state index is 0.127. The van der Waals surface area contributed by atoms with Crippen LogP contribution in [0.4, 0.5) is 0 Å². The number of hydrogen-bond acceptors (Lipinski definition) is 4. The molecule has 1 N–H and O–H groups in total. The molecule has 0 unspecified atom stereocenters. The molecule has 0 radical (unpaired) electrons. The van der Waals surface area contributed by atoms with Crippen LogP contribution in [0, 0.1) is 5.92 Å². The molecule has 3 aliphatic heterocycles. The highest BCUT2D eigenvalue weighted by atomic mass is 16.2. The zero-order valence-electron chi connectivity index (χ0n) is 16.4. The van der Waals surface area contributed by atoms with Gasteiger partial charge < -0.3 is 5.32 Å². The highest BCUT2D eigenvalue weighted by Gasteiger charge is 2.24. The quantitative estimate of drug-likeness (QED) is 0.864. The van der Waals surface area contributed by atoms with E-state index in [-0.39, 0.29) is 5.91 Å². The monoisotopic (exact) mass is 385 g/mol. The first kappa shape index (κ1) is 17.8. The van der Waals surface area contributed by atoms with Crippen molar-refractivity contribution in [3.05, 3.63) is 72.1 Å². The van der Waals surface area contributed by atoms with Crippen LogP contribution in [0.3, 0.4) is 0 Å². The number of piperidine rings is 1. The topological polar surface area (TPSA) is 62.5 Å². The van der Waals surface area contributed by atoms with Gasteiger partial charge in [-0.05, 0) is 67.4 Å². The molecule has 0 spiro atoms. The number of aromatic nitrogens is 2. The number of aryl methyl sites for hydroxylation is 1. The Kier molecular flexibility index (Phi) is 4.48. The molecule has 2 aromatic rings. The maximum Gasteiger partial charge on any atom is 0.272 e. The van der Waals surface area contributed by atoms with E-state index in [4.69, 9.17) is 5.10 Å². The number of rotatable bonds is 2. The lowest BCUT2D eigenvalue weighted by atomic mass is 9.92. The molecular formula is C23H23N5O. The van der Waals surface area contributed by atoms with Crippen molar-refractivity contribution in [2.24, 2.45) is 18.1 Å². The van der Waals surface area contributed by atoms with Crippen molar-refractivity contribution in [2.75, 3.05) is 13.1 Å². The summed E-state index contributed by atoms with van der Waals surface area (Å²) in [5.74, 6) is 0.275. The Morgan fingerprint density at radius 3 is 2.86 bits per heavy atom. The van der Waals surface area contributed by atoms with Gasteiger partial charge in [0, 0.05) is 30.6 Å². The number of allylic oxidation sites excluding steroid dienone is 6. The molecule has 29 heavy (non-hydrogen) atoms. The molecule has 0 atom stereocenters. The molecule has 0 saturated carbocycles. The fraction of sp³-hybridized carbons (Fsp3) is 0.261. The van der Waals surface area contributed by atoms with Crippen LogP contribution in [0.25, 0.3) is 16.5 Å². The molecule has 6 heteroatoms. The van der Waals surface area contributed by atoms with Crippen molar-refractivity contribution in [1.29, 1.82) is 0 Å². The fourth-order valence-electron chi connectivity index (χ4n) is 4.09. The lowest BCUT2D eigenvalue weighted by Crippen LogP contribution is -2.34. The largest absolute Gasteiger partial charge is 0.317 e. The summed E-state index contributed by atoms with van der Waals surface area (Å²) >= 11 is 0. The van der Waals surface area contributed by atoms with Gasteiger partial charge in [-0.25, -0.2) is 0 Å². The Bertz CT molecular complexity index is 1130. The molecule has 6 nitrogen and oxygen atoms in total. The van der Waals surface area contributed by atoms with Crippen LogP contribution < -0.4 is 5.32 Å². The predicted molar refractivity (Wildman–Crippen MR) is 115 cm³/mol. The smallest absolute Gasteiger partial charge is 0.272 e. The summed E-state index contributed by atoms with van der Waals surface area (Å²) in [6, 6.07) is 6.06. The van der Waals surface area contributed by atoms with Crippen molar-refractivity contribution >= 4 is 28.1 Å². The third kappa shape index (κ3) is 3.47. The summed E-state index contributed by atoms with van der Waals surface area (Å²) in [5.41, 5.74) is 4.58. The SMILES string of the molecule is Cn1cc2cc(C3=C\C(=O)N4N=C(C5CCNCC5)C=C\C4=C/C=C/3)ccc2n1. The number of amides is 1. The molecule has 1 saturated heterocycles. The number of nitrogens with zero attached hydrogens (tertiary/aromatic N) is 4. The predicted octanol–water partition coefficient (Wildman–Crippen LogP) is 3.16. The van der Waals surface area contributed by atoms with Crippen molar-refractivity contribution < 1.29 is 4.79 Å². The molecule has 1 fully saturated rings. The van der Waals surface area contributed by atoms with Crippen LogP contribution in [-0.2, 0) is 11.8 Å². The van der Waals surface area contributed by atoms with Gasteiger partial charge in [0.1, 0.15) is 0 Å². The van der Waals surface area contributed by atoms with E-state index in [9.17, 15) is 4.79 Å². The van der Waals surface area contributed by atoms with Crippen molar-refractivity contribution in [3.8, 4) is 0 Å². The van der Waals surface area contributed by atoms with Crippen molar-refractivity contribution in [1.82, 2.24) is 20.1 Å². The highest BCUT2D eigenvalue weighted by Crippen LogP contribution is 2.26. The lowest BCUT2D eigenvalue weighted by molar-refractivity contribution is -0.124. The first-order valence-electron chi connectivity index (χ1n) is 10.0. The average molecular weight is 385 g/mol. The number of carbonyl (C=O) groups is 1. The molecule has 0 bridgehead atoms. The summed E-state index contributed by atoms with van der Waals surface area (Å²) in [6.07, 6.45) is 15.7. The van der Waals surface area contributed by atoms with Crippen LogP contribution >= 0.6 is 0 Å². The fourth-order valence-corrected chi connectivity index (χ4v) is 4.09. The maximum atomic E-state index is 13.1. The molecule has 1 amide bonds. The summed E-state index contributed by atoms with van der Waals surface area (Å²) in [4.78, 5) is 13.1. The summed E-state index contributed by atoms with van der Waals surface area (Å²) in [6.45, 7) is 2.00. The molecule has 146 valence electrons. The summed E-state index contributed by atoms with van der Waals surface area (Å²) < 4.78 is 1.80. The van der Waals surface area contributed by atoms with Gasteiger partial charge in [0.25, 0.3) is 5.91 Å². The van der Waals surface area contributed by atoms with Crippen molar-refractivity contribution in [2.45, 2.75) is 12.8 Å². The number of hydrazone groups is 1. The van der Waals surface area contributed by atoms with Crippen LogP contribution in [0.1, 0.15) is 18.4 Å². The third-order valence-corrected chi connectivity index (χ3v) is 5.63. The first-order chi connectivity index (χ1) is 14.2. The zero-order valence-corrected chi connectivity index (χ0v) is 16.4. The van der Waals surface area contributed by atoms with E-state index in [1.807, 2.05) is 49.7 Å². The zero-order chi connectivity index (χ0) is 19.8. The second-order valence-corrected chi connectivity index (χ2v) is 7.66. The minimum atomic E-state index is -0.127.